The van der Waals surface area contributed by atoms with Crippen LogP contribution in [0.5, 0.6) is 5.75 Å². The van der Waals surface area contributed by atoms with E-state index in [-0.39, 0.29) is 12.4 Å². The van der Waals surface area contributed by atoms with Gasteiger partial charge in [-0.1, -0.05) is 6.07 Å². The van der Waals surface area contributed by atoms with Gasteiger partial charge >= 0.3 is 0 Å². The Kier molecular flexibility index (Phi) is 3.59. The van der Waals surface area contributed by atoms with Crippen molar-refractivity contribution in [2.45, 2.75) is 12.8 Å². The van der Waals surface area contributed by atoms with Crippen molar-refractivity contribution in [1.29, 1.82) is 0 Å². The van der Waals surface area contributed by atoms with Gasteiger partial charge in [0.15, 0.2) is 5.78 Å². The molecule has 3 nitrogen and oxygen atoms in total. The molecule has 3 heteroatoms. The van der Waals surface area contributed by atoms with Crippen LogP contribution < -0.4 is 4.74 Å². The highest BCUT2D eigenvalue weighted by atomic mass is 16.5. The molecule has 0 saturated carbocycles. The number of hydrogen-bond donors (Lipinski definition) is 0. The van der Waals surface area contributed by atoms with Crippen molar-refractivity contribution >= 4 is 11.4 Å². The van der Waals surface area contributed by atoms with Crippen molar-refractivity contribution in [1.82, 2.24) is 0 Å². The normalized spacial score (nSPS) is 16.0. The molecule has 0 saturated heterocycles. The predicted octanol–water partition coefficient (Wildman–Crippen LogP) is 2.24. The number of benzene rings is 1. The van der Waals surface area contributed by atoms with Crippen molar-refractivity contribution in [3.05, 3.63) is 35.4 Å². The predicted molar refractivity (Wildman–Crippen MR) is 66.2 cm³/mol. The first kappa shape index (κ1) is 11.9. The number of carbonyl (C=O) groups excluding carboxylic acids is 1. The summed E-state index contributed by atoms with van der Waals surface area (Å²) in [5.41, 5.74) is 3.50. The average molecular weight is 232 g/mol. The van der Waals surface area contributed by atoms with Gasteiger partial charge in [-0.2, -0.15) is 0 Å². The van der Waals surface area contributed by atoms with Crippen LogP contribution in [-0.4, -0.2) is 26.6 Å². The number of carbonyl (C=O) groups is 1. The van der Waals surface area contributed by atoms with E-state index in [0.717, 1.165) is 29.7 Å². The van der Waals surface area contributed by atoms with Gasteiger partial charge in [-0.15, -0.1) is 0 Å². The zero-order chi connectivity index (χ0) is 12.3. The number of ether oxygens (including phenoxy) is 2. The van der Waals surface area contributed by atoms with Crippen LogP contribution in [0.2, 0.25) is 0 Å². The molecule has 0 spiro atoms. The molecule has 0 heterocycles. The molecule has 0 N–H and O–H groups in total. The van der Waals surface area contributed by atoms with Crippen LogP contribution in [0.4, 0.5) is 0 Å². The molecular formula is C14H16O3. The number of allylic oxidation sites excluding steroid dienone is 1. The van der Waals surface area contributed by atoms with E-state index < -0.39 is 0 Å². The number of fused-ring (bicyclic) bond motifs is 1. The van der Waals surface area contributed by atoms with Gasteiger partial charge < -0.3 is 9.47 Å². The van der Waals surface area contributed by atoms with E-state index in [4.69, 9.17) is 9.47 Å². The molecular weight excluding hydrogens is 216 g/mol. The van der Waals surface area contributed by atoms with Crippen molar-refractivity contribution in [3.8, 4) is 5.75 Å². The van der Waals surface area contributed by atoms with E-state index in [2.05, 4.69) is 6.07 Å². The standard InChI is InChI=1S/C14H16O3/c1-16-9-12(15)7-11-4-3-10-5-6-13(17-2)8-14(10)11/h5-8H,3-4,9H2,1-2H3/b11-7-. The molecule has 0 radical (unpaired) electrons. The Balaban J connectivity index is 2.29. The van der Waals surface area contributed by atoms with Gasteiger partial charge in [-0.3, -0.25) is 4.79 Å². The Morgan fingerprint density at radius 3 is 2.88 bits per heavy atom. The van der Waals surface area contributed by atoms with E-state index in [1.54, 1.807) is 13.2 Å². The lowest BCUT2D eigenvalue weighted by Gasteiger charge is -2.04. The van der Waals surface area contributed by atoms with E-state index in [0.29, 0.717) is 0 Å². The summed E-state index contributed by atoms with van der Waals surface area (Å²) in [6.07, 6.45) is 3.60. The average Bonchev–Trinajstić information content (AvgIpc) is 2.72. The Morgan fingerprint density at radius 1 is 1.35 bits per heavy atom. The van der Waals surface area contributed by atoms with Crippen LogP contribution in [0.15, 0.2) is 24.3 Å². The molecule has 1 aromatic rings. The van der Waals surface area contributed by atoms with Crippen molar-refractivity contribution in [2.75, 3.05) is 20.8 Å². The summed E-state index contributed by atoms with van der Waals surface area (Å²) in [5.74, 6) is 0.842. The fraction of sp³-hybridized carbons (Fsp3) is 0.357. The Hall–Kier alpha value is -1.61. The Labute approximate surface area is 101 Å². The zero-order valence-electron chi connectivity index (χ0n) is 10.2. The first-order valence-corrected chi connectivity index (χ1v) is 5.64. The third-order valence-electron chi connectivity index (χ3n) is 2.95. The van der Waals surface area contributed by atoms with Gasteiger partial charge in [0.1, 0.15) is 12.4 Å². The molecule has 2 rings (SSSR count). The van der Waals surface area contributed by atoms with Crippen LogP contribution in [0.25, 0.3) is 5.57 Å². The van der Waals surface area contributed by atoms with E-state index in [1.165, 1.54) is 12.7 Å². The maximum absolute atomic E-state index is 11.5. The van der Waals surface area contributed by atoms with Gasteiger partial charge in [-0.05, 0) is 47.8 Å². The summed E-state index contributed by atoms with van der Waals surface area (Å²) < 4.78 is 10.0. The van der Waals surface area contributed by atoms with E-state index in [9.17, 15) is 4.79 Å². The number of ketones is 1. The second-order valence-corrected chi connectivity index (χ2v) is 4.09. The quantitative estimate of drug-likeness (QED) is 0.747. The fourth-order valence-corrected chi connectivity index (χ4v) is 2.13. The van der Waals surface area contributed by atoms with Crippen LogP contribution >= 0.6 is 0 Å². The van der Waals surface area contributed by atoms with E-state index in [1.807, 2.05) is 12.1 Å². The topological polar surface area (TPSA) is 35.5 Å². The maximum Gasteiger partial charge on any atom is 0.181 e. The molecule has 0 unspecified atom stereocenters. The smallest absolute Gasteiger partial charge is 0.181 e. The van der Waals surface area contributed by atoms with Crippen molar-refractivity contribution in [3.63, 3.8) is 0 Å². The minimum atomic E-state index is 0.0122. The molecule has 0 fully saturated rings. The minimum absolute atomic E-state index is 0.0122. The third-order valence-corrected chi connectivity index (χ3v) is 2.95. The second kappa shape index (κ2) is 5.15. The second-order valence-electron chi connectivity index (χ2n) is 4.09. The summed E-state index contributed by atoms with van der Waals surface area (Å²) in [4.78, 5) is 11.5. The van der Waals surface area contributed by atoms with Gasteiger partial charge in [0.2, 0.25) is 0 Å². The first-order valence-electron chi connectivity index (χ1n) is 5.64. The lowest BCUT2D eigenvalue weighted by molar-refractivity contribution is -0.117. The lowest BCUT2D eigenvalue weighted by Crippen LogP contribution is -2.03. The van der Waals surface area contributed by atoms with Gasteiger partial charge in [-0.25, -0.2) is 0 Å². The SMILES string of the molecule is COCC(=O)/C=C1/CCc2ccc(OC)cc21. The molecule has 17 heavy (non-hydrogen) atoms. The van der Waals surface area contributed by atoms with E-state index >= 15 is 0 Å². The summed E-state index contributed by atoms with van der Waals surface area (Å²) in [5, 5.41) is 0. The van der Waals surface area contributed by atoms with Crippen LogP contribution in [0.3, 0.4) is 0 Å². The molecule has 90 valence electrons. The molecule has 0 atom stereocenters. The molecule has 0 aromatic heterocycles. The maximum atomic E-state index is 11.5. The lowest BCUT2D eigenvalue weighted by atomic mass is 10.1. The van der Waals surface area contributed by atoms with Crippen LogP contribution in [0, 0.1) is 0 Å². The first-order chi connectivity index (χ1) is 8.24. The molecule has 0 aliphatic heterocycles. The van der Waals surface area contributed by atoms with Gasteiger partial charge in [0.05, 0.1) is 7.11 Å². The number of methoxy groups -OCH3 is 2. The summed E-state index contributed by atoms with van der Waals surface area (Å²) in [6, 6.07) is 6.02. The van der Waals surface area contributed by atoms with Crippen molar-refractivity contribution in [2.24, 2.45) is 0 Å². The van der Waals surface area contributed by atoms with Gasteiger partial charge in [0.25, 0.3) is 0 Å². The summed E-state index contributed by atoms with van der Waals surface area (Å²) >= 11 is 0. The number of hydrogen-bond acceptors (Lipinski definition) is 3. The van der Waals surface area contributed by atoms with Crippen LogP contribution in [0.1, 0.15) is 17.5 Å². The highest BCUT2D eigenvalue weighted by Crippen LogP contribution is 2.34. The highest BCUT2D eigenvalue weighted by molar-refractivity contribution is 5.98. The molecule has 1 aliphatic carbocycles. The molecule has 1 aromatic carbocycles. The largest absolute Gasteiger partial charge is 0.497 e. The van der Waals surface area contributed by atoms with Gasteiger partial charge in [0, 0.05) is 7.11 Å². The summed E-state index contributed by atoms with van der Waals surface area (Å²) in [7, 11) is 3.18. The molecule has 1 aliphatic rings. The van der Waals surface area contributed by atoms with Crippen LogP contribution in [-0.2, 0) is 16.0 Å². The van der Waals surface area contributed by atoms with Crippen molar-refractivity contribution < 1.29 is 14.3 Å². The monoisotopic (exact) mass is 232 g/mol. The fourth-order valence-electron chi connectivity index (χ4n) is 2.13. The third kappa shape index (κ3) is 2.56. The Morgan fingerprint density at radius 2 is 2.18 bits per heavy atom. The number of aryl methyl sites for hydroxylation is 1. The molecule has 0 bridgehead atoms. The summed E-state index contributed by atoms with van der Waals surface area (Å²) in [6.45, 7) is 0.142. The zero-order valence-corrected chi connectivity index (χ0v) is 10.2. The highest BCUT2D eigenvalue weighted by Gasteiger charge is 2.17. The molecule has 0 amide bonds. The number of rotatable bonds is 4. The minimum Gasteiger partial charge on any atom is -0.497 e. The Bertz CT molecular complexity index is 461.